The van der Waals surface area contributed by atoms with Crippen molar-refractivity contribution in [1.82, 2.24) is 9.47 Å². The summed E-state index contributed by atoms with van der Waals surface area (Å²) in [5, 5.41) is 0. The molecule has 2 atom stereocenters. The van der Waals surface area contributed by atoms with Crippen molar-refractivity contribution in [3.05, 3.63) is 24.0 Å². The largest absolute Gasteiger partial charge is 0.351 e. The first kappa shape index (κ1) is 8.54. The number of nitrogens with zero attached hydrogens (tertiary/aromatic N) is 2. The minimum atomic E-state index is 0.803. The Kier molecular flexibility index (Phi) is 1.91. The molecule has 2 unspecified atom stereocenters. The Morgan fingerprint density at radius 1 is 1.29 bits per heavy atom. The Labute approximate surface area is 85.5 Å². The molecule has 1 saturated heterocycles. The summed E-state index contributed by atoms with van der Waals surface area (Å²) in [4.78, 5) is 2.56. The fraction of sp³-hybridized carbons (Fsp3) is 0.667. The first-order valence-corrected chi connectivity index (χ1v) is 5.71. The highest BCUT2D eigenvalue weighted by molar-refractivity contribution is 5.18. The Morgan fingerprint density at radius 2 is 2.21 bits per heavy atom. The van der Waals surface area contributed by atoms with Crippen LogP contribution in [-0.2, 0) is 6.54 Å². The van der Waals surface area contributed by atoms with Gasteiger partial charge in [-0.2, -0.15) is 0 Å². The third-order valence-electron chi connectivity index (χ3n) is 3.97. The Bertz CT molecular complexity index is 329. The van der Waals surface area contributed by atoms with Crippen molar-refractivity contribution in [1.29, 1.82) is 0 Å². The number of piperidine rings is 1. The van der Waals surface area contributed by atoms with Gasteiger partial charge in [-0.1, -0.05) is 0 Å². The second-order valence-corrected chi connectivity index (χ2v) is 4.71. The SMILES string of the molecule is CN1CCCC2c3cccn3CCC21. The molecule has 2 aliphatic rings. The number of hydrogen-bond acceptors (Lipinski definition) is 1. The van der Waals surface area contributed by atoms with E-state index in [1.54, 1.807) is 5.69 Å². The van der Waals surface area contributed by atoms with Gasteiger partial charge in [0.15, 0.2) is 0 Å². The summed E-state index contributed by atoms with van der Waals surface area (Å²) < 4.78 is 2.44. The van der Waals surface area contributed by atoms with Crippen LogP contribution in [0.25, 0.3) is 0 Å². The number of aromatic nitrogens is 1. The van der Waals surface area contributed by atoms with Crippen molar-refractivity contribution in [3.8, 4) is 0 Å². The van der Waals surface area contributed by atoms with Crippen molar-refractivity contribution in [3.63, 3.8) is 0 Å². The lowest BCUT2D eigenvalue weighted by atomic mass is 9.83. The molecule has 76 valence electrons. The van der Waals surface area contributed by atoms with Crippen LogP contribution in [0.5, 0.6) is 0 Å². The maximum absolute atomic E-state index is 2.56. The van der Waals surface area contributed by atoms with E-state index in [4.69, 9.17) is 0 Å². The van der Waals surface area contributed by atoms with Gasteiger partial charge in [0.1, 0.15) is 0 Å². The lowest BCUT2D eigenvalue weighted by molar-refractivity contribution is 0.128. The number of fused-ring (bicyclic) bond motifs is 3. The molecular weight excluding hydrogens is 172 g/mol. The van der Waals surface area contributed by atoms with E-state index < -0.39 is 0 Å². The maximum atomic E-state index is 2.56. The van der Waals surface area contributed by atoms with Crippen molar-refractivity contribution in [2.75, 3.05) is 13.6 Å². The third-order valence-corrected chi connectivity index (χ3v) is 3.97. The van der Waals surface area contributed by atoms with E-state index in [-0.39, 0.29) is 0 Å². The van der Waals surface area contributed by atoms with E-state index in [0.29, 0.717) is 0 Å². The summed E-state index contributed by atoms with van der Waals surface area (Å²) in [5.74, 6) is 0.803. The van der Waals surface area contributed by atoms with Gasteiger partial charge in [0.2, 0.25) is 0 Å². The van der Waals surface area contributed by atoms with Gasteiger partial charge in [-0.3, -0.25) is 0 Å². The van der Waals surface area contributed by atoms with Crippen LogP contribution in [-0.4, -0.2) is 29.1 Å². The molecule has 2 heteroatoms. The molecule has 3 rings (SSSR count). The monoisotopic (exact) mass is 190 g/mol. The van der Waals surface area contributed by atoms with Gasteiger partial charge in [-0.25, -0.2) is 0 Å². The Hall–Kier alpha value is -0.760. The topological polar surface area (TPSA) is 8.17 Å². The average Bonchev–Trinajstić information content (AvgIpc) is 2.66. The van der Waals surface area contributed by atoms with Gasteiger partial charge in [-0.15, -0.1) is 0 Å². The maximum Gasteiger partial charge on any atom is 0.0237 e. The summed E-state index contributed by atoms with van der Waals surface area (Å²) in [7, 11) is 2.29. The van der Waals surface area contributed by atoms with Crippen molar-refractivity contribution >= 4 is 0 Å². The minimum Gasteiger partial charge on any atom is -0.351 e. The highest BCUT2D eigenvalue weighted by Crippen LogP contribution is 2.37. The van der Waals surface area contributed by atoms with Gasteiger partial charge in [0.25, 0.3) is 0 Å². The molecule has 1 aromatic rings. The molecule has 0 radical (unpaired) electrons. The van der Waals surface area contributed by atoms with Crippen LogP contribution in [0.3, 0.4) is 0 Å². The standard InChI is InChI=1S/C12H18N2/c1-13-7-2-4-10-11(13)6-9-14-8-3-5-12(10)14/h3,5,8,10-11H,2,4,6-7,9H2,1H3. The van der Waals surface area contributed by atoms with E-state index in [1.807, 2.05) is 0 Å². The lowest BCUT2D eigenvalue weighted by Crippen LogP contribution is -2.45. The number of likely N-dealkylation sites (tertiary alicyclic amines) is 1. The molecule has 0 amide bonds. The molecule has 0 saturated carbocycles. The summed E-state index contributed by atoms with van der Waals surface area (Å²) >= 11 is 0. The fourth-order valence-corrected chi connectivity index (χ4v) is 3.23. The Morgan fingerprint density at radius 3 is 3.14 bits per heavy atom. The quantitative estimate of drug-likeness (QED) is 0.608. The molecule has 0 bridgehead atoms. The summed E-state index contributed by atoms with van der Waals surface area (Å²) in [5.41, 5.74) is 1.58. The molecule has 0 N–H and O–H groups in total. The van der Waals surface area contributed by atoms with Gasteiger partial charge in [-0.05, 0) is 45.0 Å². The zero-order valence-electron chi connectivity index (χ0n) is 8.82. The van der Waals surface area contributed by atoms with Crippen LogP contribution in [0.15, 0.2) is 18.3 Å². The molecule has 0 spiro atoms. The Balaban J connectivity index is 1.96. The number of aryl methyl sites for hydroxylation is 1. The molecule has 14 heavy (non-hydrogen) atoms. The smallest absolute Gasteiger partial charge is 0.0237 e. The second kappa shape index (κ2) is 3.13. The van der Waals surface area contributed by atoms with E-state index in [9.17, 15) is 0 Å². The van der Waals surface area contributed by atoms with Gasteiger partial charge in [0, 0.05) is 30.4 Å². The zero-order chi connectivity index (χ0) is 9.54. The number of rotatable bonds is 0. The van der Waals surface area contributed by atoms with Crippen LogP contribution < -0.4 is 0 Å². The predicted molar refractivity (Wildman–Crippen MR) is 57.4 cm³/mol. The predicted octanol–water partition coefficient (Wildman–Crippen LogP) is 2.07. The highest BCUT2D eigenvalue weighted by atomic mass is 15.2. The van der Waals surface area contributed by atoms with E-state index in [1.165, 1.54) is 32.4 Å². The average molecular weight is 190 g/mol. The van der Waals surface area contributed by atoms with Crippen molar-refractivity contribution < 1.29 is 0 Å². The van der Waals surface area contributed by atoms with E-state index in [0.717, 1.165) is 12.0 Å². The first-order valence-electron chi connectivity index (χ1n) is 5.71. The van der Waals surface area contributed by atoms with Crippen LogP contribution >= 0.6 is 0 Å². The van der Waals surface area contributed by atoms with Crippen molar-refractivity contribution in [2.45, 2.75) is 37.8 Å². The van der Waals surface area contributed by atoms with Crippen LogP contribution in [0.1, 0.15) is 30.9 Å². The summed E-state index contributed by atoms with van der Waals surface area (Å²) in [6, 6.07) is 5.33. The minimum absolute atomic E-state index is 0.803. The molecular formula is C12H18N2. The van der Waals surface area contributed by atoms with Gasteiger partial charge < -0.3 is 9.47 Å². The van der Waals surface area contributed by atoms with Gasteiger partial charge in [0.05, 0.1) is 0 Å². The first-order chi connectivity index (χ1) is 6.86. The third kappa shape index (κ3) is 1.13. The molecule has 2 nitrogen and oxygen atoms in total. The summed E-state index contributed by atoms with van der Waals surface area (Å²) in [6.07, 6.45) is 6.32. The van der Waals surface area contributed by atoms with Crippen LogP contribution in [0.4, 0.5) is 0 Å². The van der Waals surface area contributed by atoms with Gasteiger partial charge >= 0.3 is 0 Å². The second-order valence-electron chi connectivity index (χ2n) is 4.71. The number of hydrogen-bond donors (Lipinski definition) is 0. The molecule has 0 aromatic carbocycles. The molecule has 1 aromatic heterocycles. The lowest BCUT2D eigenvalue weighted by Gasteiger charge is -2.42. The highest BCUT2D eigenvalue weighted by Gasteiger charge is 2.34. The van der Waals surface area contributed by atoms with E-state index in [2.05, 4.69) is 34.8 Å². The summed E-state index contributed by atoms with van der Waals surface area (Å²) in [6.45, 7) is 2.51. The zero-order valence-corrected chi connectivity index (χ0v) is 8.82. The molecule has 3 heterocycles. The van der Waals surface area contributed by atoms with E-state index >= 15 is 0 Å². The fourth-order valence-electron chi connectivity index (χ4n) is 3.23. The van der Waals surface area contributed by atoms with Crippen LogP contribution in [0.2, 0.25) is 0 Å². The number of likely N-dealkylation sites (N-methyl/N-ethyl adjacent to an activating group) is 1. The molecule has 0 aliphatic carbocycles. The molecule has 1 fully saturated rings. The van der Waals surface area contributed by atoms with Crippen LogP contribution in [0, 0.1) is 0 Å². The molecule has 2 aliphatic heterocycles. The van der Waals surface area contributed by atoms with Crippen molar-refractivity contribution in [2.24, 2.45) is 0 Å². The normalized spacial score (nSPS) is 32.4.